The molecule has 0 spiro atoms. The Morgan fingerprint density at radius 1 is 1.28 bits per heavy atom. The molecule has 132 valence electrons. The van der Waals surface area contributed by atoms with Crippen molar-refractivity contribution in [2.45, 2.75) is 19.4 Å². The van der Waals surface area contributed by atoms with Crippen LogP contribution in [-0.2, 0) is 17.1 Å². The van der Waals surface area contributed by atoms with Crippen LogP contribution >= 0.6 is 11.6 Å². The molecule has 5 nitrogen and oxygen atoms in total. The van der Waals surface area contributed by atoms with Gasteiger partial charge in [-0.15, -0.1) is 0 Å². The van der Waals surface area contributed by atoms with E-state index in [-0.39, 0.29) is 16.6 Å². The van der Waals surface area contributed by atoms with Crippen LogP contribution in [-0.4, -0.2) is 31.7 Å². The average molecular weight is 386 g/mol. The third kappa shape index (κ3) is 4.02. The van der Waals surface area contributed by atoms with Gasteiger partial charge in [0.05, 0.1) is 16.7 Å². The van der Waals surface area contributed by atoms with Crippen LogP contribution < -0.4 is 4.74 Å². The summed E-state index contributed by atoms with van der Waals surface area (Å²) in [5, 5.41) is 4.30. The number of aromatic nitrogens is 3. The molecule has 0 saturated heterocycles. The van der Waals surface area contributed by atoms with Gasteiger partial charge in [-0.05, 0) is 41.9 Å². The summed E-state index contributed by atoms with van der Waals surface area (Å²) in [6, 6.07) is 6.43. The number of fused-ring (bicyclic) bond motifs is 1. The van der Waals surface area contributed by atoms with Crippen molar-refractivity contribution in [3.63, 3.8) is 0 Å². The Labute approximate surface area is 150 Å². The fourth-order valence-electron chi connectivity index (χ4n) is 2.31. The highest BCUT2D eigenvalue weighted by molar-refractivity contribution is 7.90. The maximum absolute atomic E-state index is 12.5. The molecule has 3 rings (SSSR count). The fourth-order valence-corrected chi connectivity index (χ4v) is 3.14. The maximum atomic E-state index is 12.5. The summed E-state index contributed by atoms with van der Waals surface area (Å²) < 4.78 is 42.8. The summed E-state index contributed by atoms with van der Waals surface area (Å²) in [7, 11) is 0. The minimum Gasteiger partial charge on any atom is -0.615 e. The van der Waals surface area contributed by atoms with E-state index in [1.54, 1.807) is 23.1 Å². The minimum atomic E-state index is -2.96. The number of nitrogens with zero attached hydrogens (tertiary/aromatic N) is 3. The SMILES string of the molecule is CC[S@@+]([O-])Cn1ncc2ncc(-c3ccc(Cl)c(OC(F)F)c3)cc21. The molecular formula is C16H14ClF2N3O2S. The topological polar surface area (TPSA) is 63.0 Å². The molecule has 0 aliphatic rings. The Balaban J connectivity index is 2.00. The van der Waals surface area contributed by atoms with Crippen LogP contribution in [0.25, 0.3) is 22.2 Å². The maximum Gasteiger partial charge on any atom is 0.387 e. The monoisotopic (exact) mass is 385 g/mol. The van der Waals surface area contributed by atoms with E-state index in [0.717, 1.165) is 0 Å². The number of pyridine rings is 1. The highest BCUT2D eigenvalue weighted by Gasteiger charge is 2.13. The van der Waals surface area contributed by atoms with E-state index in [0.29, 0.717) is 27.9 Å². The standard InChI is InChI=1S/C16H14ClF2N3O2S/c1-2-25(23)9-22-14-5-11(7-20-13(14)8-21-22)10-3-4-12(17)15(6-10)24-16(18)19/h3-8,16H,2,9H2,1H3/t25-/m1/s1. The molecule has 3 aromatic rings. The summed E-state index contributed by atoms with van der Waals surface area (Å²) in [4.78, 5) is 4.32. The van der Waals surface area contributed by atoms with E-state index in [2.05, 4.69) is 14.8 Å². The molecule has 0 aliphatic carbocycles. The van der Waals surface area contributed by atoms with E-state index in [9.17, 15) is 13.3 Å². The van der Waals surface area contributed by atoms with Gasteiger partial charge in [0.1, 0.15) is 17.0 Å². The fraction of sp³-hybridized carbons (Fsp3) is 0.250. The van der Waals surface area contributed by atoms with Gasteiger partial charge in [-0.25, -0.2) is 4.68 Å². The number of hydrogen-bond acceptors (Lipinski definition) is 4. The largest absolute Gasteiger partial charge is 0.615 e. The summed E-state index contributed by atoms with van der Waals surface area (Å²) in [6.45, 7) is -1.12. The van der Waals surface area contributed by atoms with Gasteiger partial charge < -0.3 is 9.29 Å². The number of rotatable bonds is 6. The first-order valence-electron chi connectivity index (χ1n) is 7.39. The predicted molar refractivity (Wildman–Crippen MR) is 93.3 cm³/mol. The molecule has 0 aliphatic heterocycles. The lowest BCUT2D eigenvalue weighted by Gasteiger charge is -2.10. The second kappa shape index (κ2) is 7.55. The van der Waals surface area contributed by atoms with Crippen molar-refractivity contribution in [1.82, 2.24) is 14.8 Å². The molecule has 9 heteroatoms. The number of halogens is 3. The lowest BCUT2D eigenvalue weighted by molar-refractivity contribution is -0.0497. The van der Waals surface area contributed by atoms with E-state index in [1.807, 2.05) is 13.0 Å². The molecule has 0 saturated carbocycles. The van der Waals surface area contributed by atoms with Gasteiger partial charge >= 0.3 is 6.61 Å². The molecule has 25 heavy (non-hydrogen) atoms. The zero-order valence-corrected chi connectivity index (χ0v) is 14.7. The Kier molecular flexibility index (Phi) is 5.41. The quantitative estimate of drug-likeness (QED) is 0.600. The first-order chi connectivity index (χ1) is 12.0. The van der Waals surface area contributed by atoms with E-state index < -0.39 is 17.8 Å². The van der Waals surface area contributed by atoms with Gasteiger partial charge in [-0.2, -0.15) is 13.9 Å². The van der Waals surface area contributed by atoms with Crippen molar-refractivity contribution in [3.8, 4) is 16.9 Å². The first kappa shape index (κ1) is 17.9. The van der Waals surface area contributed by atoms with Crippen LogP contribution in [0.4, 0.5) is 8.78 Å². The molecule has 0 bridgehead atoms. The molecule has 2 aromatic heterocycles. The smallest absolute Gasteiger partial charge is 0.387 e. The van der Waals surface area contributed by atoms with Crippen LogP contribution in [0.2, 0.25) is 5.02 Å². The highest BCUT2D eigenvalue weighted by atomic mass is 35.5. The third-order valence-electron chi connectivity index (χ3n) is 3.56. The van der Waals surface area contributed by atoms with Gasteiger partial charge in [0.15, 0.2) is 5.88 Å². The van der Waals surface area contributed by atoms with Gasteiger partial charge in [-0.3, -0.25) is 4.98 Å². The number of benzene rings is 1. The second-order valence-electron chi connectivity index (χ2n) is 5.15. The van der Waals surface area contributed by atoms with E-state index >= 15 is 0 Å². The normalized spacial score (nSPS) is 12.7. The van der Waals surface area contributed by atoms with Crippen LogP contribution in [0.1, 0.15) is 6.92 Å². The molecular weight excluding hydrogens is 372 g/mol. The van der Waals surface area contributed by atoms with Gasteiger partial charge in [0, 0.05) is 11.8 Å². The molecule has 0 radical (unpaired) electrons. The van der Waals surface area contributed by atoms with Crippen molar-refractivity contribution in [2.75, 3.05) is 5.75 Å². The van der Waals surface area contributed by atoms with Crippen molar-refractivity contribution >= 4 is 33.8 Å². The van der Waals surface area contributed by atoms with Gasteiger partial charge in [0.2, 0.25) is 0 Å². The Hall–Kier alpha value is -1.90. The molecule has 1 aromatic carbocycles. The van der Waals surface area contributed by atoms with Crippen molar-refractivity contribution in [1.29, 1.82) is 0 Å². The lowest BCUT2D eigenvalue weighted by atomic mass is 10.1. The average Bonchev–Trinajstić information content (AvgIpc) is 2.98. The summed E-state index contributed by atoms with van der Waals surface area (Å²) in [5.74, 6) is 0.695. The van der Waals surface area contributed by atoms with Crippen LogP contribution in [0, 0.1) is 0 Å². The zero-order valence-electron chi connectivity index (χ0n) is 13.2. The lowest BCUT2D eigenvalue weighted by Crippen LogP contribution is -2.13. The second-order valence-corrected chi connectivity index (χ2v) is 7.28. The van der Waals surface area contributed by atoms with Crippen LogP contribution in [0.15, 0.2) is 36.7 Å². The van der Waals surface area contributed by atoms with Gasteiger partial charge in [-0.1, -0.05) is 17.7 Å². The number of hydrogen-bond donors (Lipinski definition) is 0. The summed E-state index contributed by atoms with van der Waals surface area (Å²) in [5.41, 5.74) is 2.69. The summed E-state index contributed by atoms with van der Waals surface area (Å²) >= 11 is 4.86. The predicted octanol–water partition coefficient (Wildman–Crippen LogP) is 4.08. The Morgan fingerprint density at radius 2 is 2.08 bits per heavy atom. The summed E-state index contributed by atoms with van der Waals surface area (Å²) in [6.07, 6.45) is 3.21. The molecule has 0 N–H and O–H groups in total. The van der Waals surface area contributed by atoms with Crippen molar-refractivity contribution in [2.24, 2.45) is 0 Å². The van der Waals surface area contributed by atoms with Gasteiger partial charge in [0.25, 0.3) is 0 Å². The molecule has 0 fully saturated rings. The van der Waals surface area contributed by atoms with E-state index in [4.69, 9.17) is 11.6 Å². The Morgan fingerprint density at radius 3 is 2.80 bits per heavy atom. The zero-order chi connectivity index (χ0) is 18.0. The number of ether oxygens (including phenoxy) is 1. The molecule has 0 amide bonds. The van der Waals surface area contributed by atoms with Crippen LogP contribution in [0.3, 0.4) is 0 Å². The van der Waals surface area contributed by atoms with E-state index in [1.165, 1.54) is 12.1 Å². The highest BCUT2D eigenvalue weighted by Crippen LogP contribution is 2.32. The Bertz CT molecular complexity index is 891. The number of alkyl halides is 2. The molecule has 1 atom stereocenters. The van der Waals surface area contributed by atoms with Crippen molar-refractivity contribution < 1.29 is 18.1 Å². The molecule has 0 unspecified atom stereocenters. The first-order valence-corrected chi connectivity index (χ1v) is 9.25. The van der Waals surface area contributed by atoms with Crippen molar-refractivity contribution in [3.05, 3.63) is 41.7 Å². The molecule has 2 heterocycles. The van der Waals surface area contributed by atoms with Crippen LogP contribution in [0.5, 0.6) is 5.75 Å². The minimum absolute atomic E-state index is 0.0986. The third-order valence-corrected chi connectivity index (χ3v) is 5.05.